The number of methoxy groups -OCH3 is 1. The first kappa shape index (κ1) is 17.3. The molecular formula is C19H25N3O3. The highest BCUT2D eigenvalue weighted by molar-refractivity contribution is 5.76. The van der Waals surface area contributed by atoms with Crippen molar-refractivity contribution in [3.05, 3.63) is 42.7 Å². The van der Waals surface area contributed by atoms with Gasteiger partial charge in [0.15, 0.2) is 11.5 Å². The van der Waals surface area contributed by atoms with Gasteiger partial charge in [-0.1, -0.05) is 12.1 Å². The van der Waals surface area contributed by atoms with Crippen molar-refractivity contribution in [3.8, 4) is 11.5 Å². The van der Waals surface area contributed by atoms with Crippen molar-refractivity contribution in [1.82, 2.24) is 14.7 Å². The Morgan fingerprint density at radius 1 is 1.20 bits per heavy atom. The number of nitrogens with zero attached hydrogens (tertiary/aromatic N) is 3. The van der Waals surface area contributed by atoms with Crippen LogP contribution in [0.25, 0.3) is 0 Å². The van der Waals surface area contributed by atoms with Gasteiger partial charge in [-0.25, -0.2) is 0 Å². The number of carbonyl (C=O) groups is 1. The van der Waals surface area contributed by atoms with Crippen LogP contribution in [0.3, 0.4) is 0 Å². The van der Waals surface area contributed by atoms with Crippen LogP contribution in [0.1, 0.15) is 25.7 Å². The summed E-state index contributed by atoms with van der Waals surface area (Å²) < 4.78 is 13.2. The molecule has 0 atom stereocenters. The fraction of sp³-hybridized carbons (Fsp3) is 0.474. The third-order valence-electron chi connectivity index (χ3n) is 4.49. The summed E-state index contributed by atoms with van der Waals surface area (Å²) in [5.74, 6) is 1.75. The Kier molecular flexibility index (Phi) is 5.93. The number of carbonyl (C=O) groups excluding carboxylic acids is 1. The van der Waals surface area contributed by atoms with Crippen molar-refractivity contribution in [2.45, 2.75) is 38.3 Å². The van der Waals surface area contributed by atoms with Crippen molar-refractivity contribution in [2.24, 2.45) is 0 Å². The number of piperidine rings is 1. The Balaban J connectivity index is 1.41. The molecule has 2 heterocycles. The molecule has 6 heteroatoms. The van der Waals surface area contributed by atoms with Crippen LogP contribution in [0, 0.1) is 0 Å². The smallest absolute Gasteiger partial charge is 0.222 e. The maximum Gasteiger partial charge on any atom is 0.222 e. The van der Waals surface area contributed by atoms with E-state index in [2.05, 4.69) is 5.10 Å². The van der Waals surface area contributed by atoms with E-state index in [1.54, 1.807) is 13.3 Å². The van der Waals surface area contributed by atoms with Gasteiger partial charge in [0.2, 0.25) is 5.91 Å². The molecule has 0 unspecified atom stereocenters. The zero-order chi connectivity index (χ0) is 17.5. The van der Waals surface area contributed by atoms with Crippen LogP contribution in [0.15, 0.2) is 42.7 Å². The van der Waals surface area contributed by atoms with Gasteiger partial charge in [0, 0.05) is 51.3 Å². The number of ether oxygens (including phenoxy) is 2. The van der Waals surface area contributed by atoms with Crippen LogP contribution in [0.4, 0.5) is 0 Å². The molecule has 1 aliphatic rings. The first-order valence-corrected chi connectivity index (χ1v) is 8.81. The number of likely N-dealkylation sites (tertiary alicyclic amines) is 1. The van der Waals surface area contributed by atoms with Crippen LogP contribution in [-0.2, 0) is 11.3 Å². The number of hydrogen-bond acceptors (Lipinski definition) is 4. The number of rotatable bonds is 7. The van der Waals surface area contributed by atoms with Gasteiger partial charge in [-0.05, 0) is 24.6 Å². The second-order valence-electron chi connectivity index (χ2n) is 6.22. The molecule has 0 N–H and O–H groups in total. The summed E-state index contributed by atoms with van der Waals surface area (Å²) in [6, 6.07) is 9.58. The molecule has 6 nitrogen and oxygen atoms in total. The molecule has 0 radical (unpaired) electrons. The second kappa shape index (κ2) is 8.55. The lowest BCUT2D eigenvalue weighted by atomic mass is 10.1. The van der Waals surface area contributed by atoms with Gasteiger partial charge in [0.1, 0.15) is 6.10 Å². The van der Waals surface area contributed by atoms with Crippen molar-refractivity contribution in [1.29, 1.82) is 0 Å². The monoisotopic (exact) mass is 343 g/mol. The minimum atomic E-state index is 0.129. The molecule has 0 aliphatic carbocycles. The van der Waals surface area contributed by atoms with Crippen LogP contribution < -0.4 is 9.47 Å². The first-order chi connectivity index (χ1) is 12.3. The van der Waals surface area contributed by atoms with E-state index in [4.69, 9.17) is 9.47 Å². The van der Waals surface area contributed by atoms with Gasteiger partial charge in [0.05, 0.1) is 7.11 Å². The molecule has 0 spiro atoms. The predicted molar refractivity (Wildman–Crippen MR) is 94.7 cm³/mol. The summed E-state index contributed by atoms with van der Waals surface area (Å²) >= 11 is 0. The lowest BCUT2D eigenvalue weighted by molar-refractivity contribution is -0.133. The average Bonchev–Trinajstić information content (AvgIpc) is 3.16. The molecule has 1 saturated heterocycles. The Morgan fingerprint density at radius 2 is 1.96 bits per heavy atom. The van der Waals surface area contributed by atoms with Gasteiger partial charge in [-0.2, -0.15) is 5.10 Å². The van der Waals surface area contributed by atoms with Crippen LogP contribution in [0.2, 0.25) is 0 Å². The molecule has 25 heavy (non-hydrogen) atoms. The largest absolute Gasteiger partial charge is 0.493 e. The van der Waals surface area contributed by atoms with E-state index >= 15 is 0 Å². The third-order valence-corrected chi connectivity index (χ3v) is 4.49. The van der Waals surface area contributed by atoms with Gasteiger partial charge >= 0.3 is 0 Å². The number of benzene rings is 1. The lowest BCUT2D eigenvalue weighted by Crippen LogP contribution is -2.41. The highest BCUT2D eigenvalue weighted by Gasteiger charge is 2.24. The van der Waals surface area contributed by atoms with Crippen LogP contribution >= 0.6 is 0 Å². The molecule has 0 saturated carbocycles. The molecule has 1 aliphatic heterocycles. The zero-order valence-electron chi connectivity index (χ0n) is 14.6. The molecule has 1 aromatic heterocycles. The Bertz CT molecular complexity index is 664. The van der Waals surface area contributed by atoms with Crippen molar-refractivity contribution < 1.29 is 14.3 Å². The SMILES string of the molecule is COc1ccccc1OC1CCN(C(=O)CCCn2cccn2)CC1. The van der Waals surface area contributed by atoms with Crippen molar-refractivity contribution in [2.75, 3.05) is 20.2 Å². The van der Waals surface area contributed by atoms with Crippen LogP contribution in [0.5, 0.6) is 11.5 Å². The summed E-state index contributed by atoms with van der Waals surface area (Å²) in [5, 5.41) is 4.15. The summed E-state index contributed by atoms with van der Waals surface area (Å²) in [5.41, 5.74) is 0. The van der Waals surface area contributed by atoms with Crippen molar-refractivity contribution >= 4 is 5.91 Å². The fourth-order valence-corrected chi connectivity index (χ4v) is 3.10. The van der Waals surface area contributed by atoms with Gasteiger partial charge in [0.25, 0.3) is 0 Å². The molecule has 1 aromatic carbocycles. The molecule has 1 fully saturated rings. The fourth-order valence-electron chi connectivity index (χ4n) is 3.10. The summed E-state index contributed by atoms with van der Waals surface area (Å²) in [4.78, 5) is 14.3. The normalized spacial score (nSPS) is 15.2. The average molecular weight is 343 g/mol. The topological polar surface area (TPSA) is 56.6 Å². The number of amides is 1. The summed E-state index contributed by atoms with van der Waals surface area (Å²) in [6.45, 7) is 2.28. The van der Waals surface area contributed by atoms with E-state index in [1.807, 2.05) is 46.1 Å². The third kappa shape index (κ3) is 4.75. The lowest BCUT2D eigenvalue weighted by Gasteiger charge is -2.32. The maximum atomic E-state index is 12.3. The Labute approximate surface area is 148 Å². The molecule has 2 aromatic rings. The minimum absolute atomic E-state index is 0.129. The van der Waals surface area contributed by atoms with Gasteiger partial charge in [-0.15, -0.1) is 0 Å². The number of aryl methyl sites for hydroxylation is 1. The zero-order valence-corrected chi connectivity index (χ0v) is 14.6. The molecule has 0 bridgehead atoms. The molecule has 3 rings (SSSR count). The van der Waals surface area contributed by atoms with E-state index in [1.165, 1.54) is 0 Å². The van der Waals surface area contributed by atoms with E-state index < -0.39 is 0 Å². The van der Waals surface area contributed by atoms with E-state index in [0.29, 0.717) is 6.42 Å². The maximum absolute atomic E-state index is 12.3. The quantitative estimate of drug-likeness (QED) is 0.776. The van der Waals surface area contributed by atoms with Crippen molar-refractivity contribution in [3.63, 3.8) is 0 Å². The number of para-hydroxylation sites is 2. The van der Waals surface area contributed by atoms with Gasteiger partial charge < -0.3 is 14.4 Å². The molecule has 1 amide bonds. The van der Waals surface area contributed by atoms with Crippen LogP contribution in [-0.4, -0.2) is 46.9 Å². The molecule has 134 valence electrons. The first-order valence-electron chi connectivity index (χ1n) is 8.81. The minimum Gasteiger partial charge on any atom is -0.493 e. The van der Waals surface area contributed by atoms with E-state index in [-0.39, 0.29) is 12.0 Å². The second-order valence-corrected chi connectivity index (χ2v) is 6.22. The number of hydrogen-bond donors (Lipinski definition) is 0. The Morgan fingerprint density at radius 3 is 2.64 bits per heavy atom. The molecular weight excluding hydrogens is 318 g/mol. The summed E-state index contributed by atoms with van der Waals surface area (Å²) in [6.07, 6.45) is 6.89. The van der Waals surface area contributed by atoms with E-state index in [0.717, 1.165) is 50.4 Å². The predicted octanol–water partition coefficient (Wildman–Crippen LogP) is 2.74. The number of aromatic nitrogens is 2. The summed E-state index contributed by atoms with van der Waals surface area (Å²) in [7, 11) is 1.65. The highest BCUT2D eigenvalue weighted by Crippen LogP contribution is 2.29. The van der Waals surface area contributed by atoms with E-state index in [9.17, 15) is 4.79 Å². The highest BCUT2D eigenvalue weighted by atomic mass is 16.5. The Hall–Kier alpha value is -2.50. The van der Waals surface area contributed by atoms with Gasteiger partial charge in [-0.3, -0.25) is 9.48 Å². The standard InChI is InChI=1S/C19H25N3O3/c1-24-17-6-2-3-7-18(17)25-16-9-14-21(15-10-16)19(23)8-4-12-22-13-5-11-20-22/h2-3,5-7,11,13,16H,4,8-10,12,14-15H2,1H3.